The molecule has 0 aromatic carbocycles. The van der Waals surface area contributed by atoms with Crippen molar-refractivity contribution >= 4 is 17.8 Å². The molecule has 18 unspecified atom stereocenters. The summed E-state index contributed by atoms with van der Waals surface area (Å²) in [5, 5.41) is 137. The lowest BCUT2D eigenvalue weighted by atomic mass is 9.88. The lowest BCUT2D eigenvalue weighted by Crippen LogP contribution is -2.70. The number of amides is 2. The van der Waals surface area contributed by atoms with E-state index in [0.29, 0.717) is 12.8 Å². The lowest BCUT2D eigenvalue weighted by molar-refractivity contribution is -0.386. The van der Waals surface area contributed by atoms with Crippen molar-refractivity contribution in [2.24, 2.45) is 0 Å². The van der Waals surface area contributed by atoms with E-state index in [2.05, 4.69) is 36.6 Å². The van der Waals surface area contributed by atoms with Crippen LogP contribution in [0.25, 0.3) is 0 Å². The Kier molecular flexibility index (Phi) is 65.4. The first-order chi connectivity index (χ1) is 56.4. The van der Waals surface area contributed by atoms with Gasteiger partial charge in [-0.3, -0.25) is 9.59 Å². The van der Waals surface area contributed by atoms with Crippen LogP contribution in [-0.2, 0) is 42.8 Å². The standard InChI is InChI=1S/C93H174N2O21/c1-4-6-8-10-12-14-16-18-20-22-24-26-28-30-31-32-33-34-35-36-37-38-39-40-41-43-45-47-49-51-53-55-57-59-61-63-65-67-80(103)95-74(75(100)66-64-62-60-58-56-54-52-50-48-46-44-42-29-27-25-23-21-19-17-15-13-11-9-7-5-2)72-111-90-85(107)84(106)87(79(71-98)113-90)114-91-86(108)89(83(105)78(70-97)112-91)116-93(92(109)110)68-76(101)81(94-73(3)99)88(115-93)82(104)77(102)69-96/h34-35,64,66,74-79,81-91,96-98,100-102,104-108H,4-33,36-63,65,67-72H2,1-3H3,(H,94,99)(H,95,103)(H,109,110)/b35-34-,66-64+. The third-order valence-electron chi connectivity index (χ3n) is 24.1. The molecular weight excluding hydrogens is 1480 g/mol. The summed E-state index contributed by atoms with van der Waals surface area (Å²) in [6.45, 7) is 2.23. The van der Waals surface area contributed by atoms with Gasteiger partial charge in [0.1, 0.15) is 67.1 Å². The first-order valence-electron chi connectivity index (χ1n) is 47.7. The van der Waals surface area contributed by atoms with Crippen molar-refractivity contribution in [1.29, 1.82) is 0 Å². The van der Waals surface area contributed by atoms with Gasteiger partial charge in [-0.2, -0.15) is 0 Å². The van der Waals surface area contributed by atoms with E-state index in [1.165, 1.54) is 321 Å². The maximum atomic E-state index is 13.6. The second kappa shape index (κ2) is 70.6. The van der Waals surface area contributed by atoms with E-state index in [1.54, 1.807) is 6.08 Å². The van der Waals surface area contributed by atoms with Crippen LogP contribution in [0.2, 0.25) is 0 Å². The van der Waals surface area contributed by atoms with Gasteiger partial charge in [-0.1, -0.05) is 372 Å². The predicted octanol–water partition coefficient (Wildman–Crippen LogP) is 16.2. The quantitative estimate of drug-likeness (QED) is 0.0199. The maximum Gasteiger partial charge on any atom is 0.364 e. The van der Waals surface area contributed by atoms with Crippen LogP contribution in [-0.4, -0.2) is 215 Å². The molecule has 3 rings (SSSR count). The SMILES string of the molecule is CCCCCCCCCCCCCCCCCC/C=C\CCCCCCCCCCCCCCCCCCCC(=O)NC(COC1OC(CO)C(OC2OC(CO)C(O)C(OC3(C(=O)O)CC(O)C(NC(C)=O)C(C(O)C(O)CO)O3)C2O)C(O)C1O)C(O)/C=C/CCCCCCCCCCCCCCCCCCCCCCCCC. The van der Waals surface area contributed by atoms with Crippen LogP contribution in [0, 0.1) is 0 Å². The molecule has 3 fully saturated rings. The van der Waals surface area contributed by atoms with Gasteiger partial charge >= 0.3 is 5.97 Å². The molecule has 0 spiro atoms. The topological polar surface area (TPSA) is 373 Å². The number of hydrogen-bond donors (Lipinski definition) is 14. The van der Waals surface area contributed by atoms with E-state index in [1.807, 2.05) is 6.08 Å². The molecule has 0 aromatic heterocycles. The van der Waals surface area contributed by atoms with Crippen molar-refractivity contribution < 1.29 is 104 Å². The summed E-state index contributed by atoms with van der Waals surface area (Å²) in [5.74, 6) is -6.13. The minimum Gasteiger partial charge on any atom is -0.477 e. The average molecular weight is 1660 g/mol. The van der Waals surface area contributed by atoms with Crippen molar-refractivity contribution in [3.05, 3.63) is 24.3 Å². The van der Waals surface area contributed by atoms with Gasteiger partial charge in [-0.15, -0.1) is 0 Å². The van der Waals surface area contributed by atoms with Crippen molar-refractivity contribution in [1.82, 2.24) is 10.6 Å². The van der Waals surface area contributed by atoms with Gasteiger partial charge in [-0.25, -0.2) is 4.79 Å². The number of nitrogens with one attached hydrogen (secondary N) is 2. The van der Waals surface area contributed by atoms with Crippen LogP contribution in [0.3, 0.4) is 0 Å². The van der Waals surface area contributed by atoms with Crippen molar-refractivity contribution in [2.45, 2.75) is 522 Å². The molecule has 3 heterocycles. The monoisotopic (exact) mass is 1660 g/mol. The minimum atomic E-state index is -3.08. The molecule has 2 amide bonds. The number of carbonyl (C=O) groups excluding carboxylic acids is 2. The zero-order valence-electron chi connectivity index (χ0n) is 73.1. The number of aliphatic carboxylic acids is 1. The van der Waals surface area contributed by atoms with Gasteiger partial charge in [0.25, 0.3) is 5.79 Å². The molecule has 23 heteroatoms. The number of allylic oxidation sites excluding steroid dienone is 3. The van der Waals surface area contributed by atoms with Gasteiger partial charge in [0.05, 0.1) is 50.7 Å². The summed E-state index contributed by atoms with van der Waals surface area (Å²) in [5.41, 5.74) is 0. The number of carbonyl (C=O) groups is 3. The Balaban J connectivity index is 1.42. The summed E-state index contributed by atoms with van der Waals surface area (Å²) in [6, 6.07) is -2.62. The number of aliphatic hydroxyl groups is 11. The van der Waals surface area contributed by atoms with E-state index >= 15 is 0 Å². The molecule has 0 radical (unpaired) electrons. The van der Waals surface area contributed by atoms with Gasteiger partial charge < -0.3 is 100 Å². The van der Waals surface area contributed by atoms with Crippen LogP contribution in [0.1, 0.15) is 412 Å². The van der Waals surface area contributed by atoms with Gasteiger partial charge in [0.15, 0.2) is 12.6 Å². The summed E-state index contributed by atoms with van der Waals surface area (Å²) in [6.07, 6.45) is 55.3. The molecule has 3 aliphatic rings. The number of unbranched alkanes of at least 4 members (excludes halogenated alkanes) is 56. The maximum absolute atomic E-state index is 13.6. The Labute approximate surface area is 702 Å². The van der Waals surface area contributed by atoms with Crippen LogP contribution in [0.15, 0.2) is 24.3 Å². The Bertz CT molecular complexity index is 2380. The normalized spacial score (nSPS) is 25.0. The number of carboxylic acids is 1. The Morgan fingerprint density at radius 3 is 1.17 bits per heavy atom. The molecule has 3 aliphatic heterocycles. The zero-order chi connectivity index (χ0) is 84.5. The molecule has 682 valence electrons. The second-order valence-corrected chi connectivity index (χ2v) is 34.6. The van der Waals surface area contributed by atoms with Gasteiger partial charge in [0, 0.05) is 19.8 Å². The highest BCUT2D eigenvalue weighted by atomic mass is 16.8. The number of ether oxygens (including phenoxy) is 6. The number of carboxylic acid groups (broad SMARTS) is 1. The lowest BCUT2D eigenvalue weighted by Gasteiger charge is -2.50. The zero-order valence-corrected chi connectivity index (χ0v) is 73.1. The number of rotatable bonds is 78. The highest BCUT2D eigenvalue weighted by Crippen LogP contribution is 2.39. The van der Waals surface area contributed by atoms with Crippen LogP contribution < -0.4 is 10.6 Å². The summed E-state index contributed by atoms with van der Waals surface area (Å²) < 4.78 is 35.0. The third kappa shape index (κ3) is 48.3. The molecule has 116 heavy (non-hydrogen) atoms. The average Bonchev–Trinajstić information content (AvgIpc) is 0.754. The molecule has 23 nitrogen and oxygen atoms in total. The van der Waals surface area contributed by atoms with Gasteiger partial charge in [0.2, 0.25) is 11.8 Å². The molecule has 0 saturated carbocycles. The van der Waals surface area contributed by atoms with Gasteiger partial charge in [-0.05, 0) is 44.9 Å². The Morgan fingerprint density at radius 1 is 0.448 bits per heavy atom. The van der Waals surface area contributed by atoms with Crippen LogP contribution in [0.5, 0.6) is 0 Å². The molecule has 18 atom stereocenters. The largest absolute Gasteiger partial charge is 0.477 e. The van der Waals surface area contributed by atoms with Crippen molar-refractivity contribution in [3.8, 4) is 0 Å². The molecule has 0 aromatic rings. The highest BCUT2D eigenvalue weighted by molar-refractivity contribution is 5.77. The van der Waals surface area contributed by atoms with Crippen molar-refractivity contribution in [3.63, 3.8) is 0 Å². The highest BCUT2D eigenvalue weighted by Gasteiger charge is 2.60. The van der Waals surface area contributed by atoms with Crippen molar-refractivity contribution in [2.75, 3.05) is 26.4 Å². The first kappa shape index (κ1) is 107. The molecule has 14 N–H and O–H groups in total. The fraction of sp³-hybridized carbons (Fsp3) is 0.925. The van der Waals surface area contributed by atoms with E-state index in [-0.39, 0.29) is 12.3 Å². The Hall–Kier alpha value is -2.79. The molecular formula is C93H174N2O21. The molecule has 0 aliphatic carbocycles. The second-order valence-electron chi connectivity index (χ2n) is 34.6. The van der Waals surface area contributed by atoms with E-state index < -0.39 is 155 Å². The molecule has 3 saturated heterocycles. The summed E-state index contributed by atoms with van der Waals surface area (Å²) in [7, 11) is 0. The number of aliphatic hydroxyl groups excluding tert-OH is 11. The Morgan fingerprint density at radius 2 is 0.810 bits per heavy atom. The summed E-state index contributed by atoms with van der Waals surface area (Å²) in [4.78, 5) is 38.8. The fourth-order valence-corrected chi connectivity index (χ4v) is 16.7. The number of hydrogen-bond acceptors (Lipinski definition) is 20. The van der Waals surface area contributed by atoms with E-state index in [0.717, 1.165) is 51.9 Å². The third-order valence-corrected chi connectivity index (χ3v) is 24.1. The van der Waals surface area contributed by atoms with Crippen LogP contribution in [0.4, 0.5) is 0 Å². The van der Waals surface area contributed by atoms with E-state index in [4.69, 9.17) is 28.4 Å². The smallest absolute Gasteiger partial charge is 0.364 e. The fourth-order valence-electron chi connectivity index (χ4n) is 16.7. The van der Waals surface area contributed by atoms with E-state index in [9.17, 15) is 75.7 Å². The van der Waals surface area contributed by atoms with Crippen LogP contribution >= 0.6 is 0 Å². The first-order valence-corrected chi connectivity index (χ1v) is 47.7. The predicted molar refractivity (Wildman–Crippen MR) is 458 cm³/mol. The summed E-state index contributed by atoms with van der Waals surface area (Å²) >= 11 is 0. The molecule has 0 bridgehead atoms. The minimum absolute atomic E-state index is 0.204.